The third-order valence-corrected chi connectivity index (χ3v) is 8.06. The standard InChI is InChI=1S/C29H32Cl2N2O5S/c1-19(30)28(31)23(17-20-3-2-16-39-18-20)6-10-26(35)33-14-12-22(13-15-33)29(38)32-25(9-11-27(36)37)21-4-7-24(34)8-5-21/h2,4-8,10,16-18,22,25,34H,3,9,11-15H2,1H3,(H,32,38)(H,36,37)/b10-6+,23-17-,28-19-. The van der Waals surface area contributed by atoms with Crippen LogP contribution in [0.1, 0.15) is 50.6 Å². The molecule has 3 N–H and O–H groups in total. The average Bonchev–Trinajstić information content (AvgIpc) is 2.93. The molecule has 10 heteroatoms. The normalized spacial score (nSPS) is 18.0. The molecule has 0 saturated carbocycles. The van der Waals surface area contributed by atoms with Gasteiger partial charge in [-0.3, -0.25) is 14.4 Å². The van der Waals surface area contributed by atoms with E-state index in [-0.39, 0.29) is 36.3 Å². The van der Waals surface area contributed by atoms with E-state index in [4.69, 9.17) is 28.3 Å². The third-order valence-electron chi connectivity index (χ3n) is 6.49. The quantitative estimate of drug-likeness (QED) is 0.215. The highest BCUT2D eigenvalue weighted by Crippen LogP contribution is 2.28. The number of rotatable bonds is 10. The van der Waals surface area contributed by atoms with Crippen LogP contribution in [0.2, 0.25) is 0 Å². The van der Waals surface area contributed by atoms with Crippen LogP contribution in [0.3, 0.4) is 0 Å². The molecule has 1 aromatic carbocycles. The second kappa shape index (κ2) is 15.0. The Bertz CT molecular complexity index is 1210. The molecule has 1 unspecified atom stereocenters. The fourth-order valence-electron chi connectivity index (χ4n) is 4.31. The van der Waals surface area contributed by atoms with Crippen molar-refractivity contribution in [1.29, 1.82) is 0 Å². The Morgan fingerprint density at radius 2 is 1.85 bits per heavy atom. The molecule has 0 radical (unpaired) electrons. The number of allylic oxidation sites excluding steroid dienone is 7. The van der Waals surface area contributed by atoms with E-state index in [0.717, 1.165) is 17.6 Å². The summed E-state index contributed by atoms with van der Waals surface area (Å²) in [7, 11) is 0. The summed E-state index contributed by atoms with van der Waals surface area (Å²) in [5.41, 5.74) is 2.43. The first-order chi connectivity index (χ1) is 18.6. The van der Waals surface area contributed by atoms with E-state index in [1.54, 1.807) is 41.8 Å². The second-order valence-corrected chi connectivity index (χ2v) is 11.1. The number of carboxylic acids is 1. The number of carbonyl (C=O) groups excluding carboxylic acids is 2. The fourth-order valence-corrected chi connectivity index (χ4v) is 5.16. The number of hydrogen-bond acceptors (Lipinski definition) is 5. The van der Waals surface area contributed by atoms with E-state index in [9.17, 15) is 19.5 Å². The van der Waals surface area contributed by atoms with Gasteiger partial charge in [-0.1, -0.05) is 41.4 Å². The Morgan fingerprint density at radius 1 is 1.15 bits per heavy atom. The largest absolute Gasteiger partial charge is 0.508 e. The number of aliphatic carboxylic acids is 1. The minimum atomic E-state index is -0.949. The number of nitrogens with zero attached hydrogens (tertiary/aromatic N) is 1. The number of aromatic hydroxyl groups is 1. The van der Waals surface area contributed by atoms with Crippen molar-refractivity contribution in [2.75, 3.05) is 13.1 Å². The number of benzene rings is 1. The Morgan fingerprint density at radius 3 is 2.44 bits per heavy atom. The van der Waals surface area contributed by atoms with Crippen molar-refractivity contribution in [3.63, 3.8) is 0 Å². The molecular weight excluding hydrogens is 559 g/mol. The molecule has 2 aliphatic rings. The highest BCUT2D eigenvalue weighted by Gasteiger charge is 2.28. The van der Waals surface area contributed by atoms with Crippen LogP contribution in [0.15, 0.2) is 80.6 Å². The molecule has 1 aromatic rings. The lowest BCUT2D eigenvalue weighted by molar-refractivity contribution is -0.137. The van der Waals surface area contributed by atoms with Crippen LogP contribution in [-0.2, 0) is 14.4 Å². The van der Waals surface area contributed by atoms with E-state index in [1.165, 1.54) is 18.2 Å². The summed E-state index contributed by atoms with van der Waals surface area (Å²) < 4.78 is 0. The first kappa shape index (κ1) is 30.6. The van der Waals surface area contributed by atoms with Gasteiger partial charge in [0.25, 0.3) is 0 Å². The molecule has 2 aliphatic heterocycles. The topological polar surface area (TPSA) is 107 Å². The van der Waals surface area contributed by atoms with Crippen molar-refractivity contribution in [2.24, 2.45) is 5.92 Å². The molecule has 2 amide bonds. The van der Waals surface area contributed by atoms with E-state index >= 15 is 0 Å². The van der Waals surface area contributed by atoms with Crippen molar-refractivity contribution in [3.8, 4) is 5.75 Å². The average molecular weight is 592 g/mol. The molecule has 1 fully saturated rings. The fraction of sp³-hybridized carbons (Fsp3) is 0.345. The van der Waals surface area contributed by atoms with Crippen molar-refractivity contribution in [2.45, 2.75) is 45.1 Å². The van der Waals surface area contributed by atoms with Gasteiger partial charge < -0.3 is 20.4 Å². The minimum Gasteiger partial charge on any atom is -0.508 e. The zero-order valence-corrected chi connectivity index (χ0v) is 23.9. The van der Waals surface area contributed by atoms with Gasteiger partial charge in [0.05, 0.1) is 11.1 Å². The van der Waals surface area contributed by atoms with E-state index in [2.05, 4.69) is 5.32 Å². The summed E-state index contributed by atoms with van der Waals surface area (Å²) in [6.45, 7) is 2.54. The Kier molecular flexibility index (Phi) is 11.8. The number of thioether (sulfide) groups is 1. The van der Waals surface area contributed by atoms with Crippen molar-refractivity contribution < 1.29 is 24.6 Å². The van der Waals surface area contributed by atoms with E-state index in [0.29, 0.717) is 41.6 Å². The summed E-state index contributed by atoms with van der Waals surface area (Å²) in [6, 6.07) is 5.87. The van der Waals surface area contributed by atoms with Crippen molar-refractivity contribution >= 4 is 52.7 Å². The predicted molar refractivity (Wildman–Crippen MR) is 156 cm³/mol. The molecule has 2 heterocycles. The number of hydrogen-bond donors (Lipinski definition) is 3. The number of carbonyl (C=O) groups is 3. The van der Waals surface area contributed by atoms with Gasteiger partial charge in [0.15, 0.2) is 0 Å². The predicted octanol–water partition coefficient (Wildman–Crippen LogP) is 6.38. The lowest BCUT2D eigenvalue weighted by atomic mass is 9.94. The van der Waals surface area contributed by atoms with Crippen LogP contribution in [0.4, 0.5) is 0 Å². The third kappa shape index (κ3) is 9.64. The molecule has 208 valence electrons. The molecular formula is C29H32Cl2N2O5S. The van der Waals surface area contributed by atoms with E-state index in [1.807, 2.05) is 23.0 Å². The Labute approximate surface area is 242 Å². The van der Waals surface area contributed by atoms with Crippen LogP contribution >= 0.6 is 35.0 Å². The number of carboxylic acid groups (broad SMARTS) is 1. The summed E-state index contributed by atoms with van der Waals surface area (Å²) in [4.78, 5) is 38.8. The van der Waals surface area contributed by atoms with Crippen LogP contribution in [0, 0.1) is 5.92 Å². The van der Waals surface area contributed by atoms with Gasteiger partial charge in [-0.15, -0.1) is 11.8 Å². The van der Waals surface area contributed by atoms with Crippen molar-refractivity contribution in [1.82, 2.24) is 10.2 Å². The molecule has 0 aliphatic carbocycles. The van der Waals surface area contributed by atoms with Gasteiger partial charge in [0.1, 0.15) is 5.75 Å². The number of halogens is 2. The minimum absolute atomic E-state index is 0.0917. The monoisotopic (exact) mass is 590 g/mol. The lowest BCUT2D eigenvalue weighted by Gasteiger charge is -2.31. The van der Waals surface area contributed by atoms with E-state index < -0.39 is 12.0 Å². The van der Waals surface area contributed by atoms with Gasteiger partial charge >= 0.3 is 5.97 Å². The highest BCUT2D eigenvalue weighted by molar-refractivity contribution is 8.05. The molecule has 7 nitrogen and oxygen atoms in total. The first-order valence-electron chi connectivity index (χ1n) is 12.7. The maximum atomic E-state index is 13.0. The van der Waals surface area contributed by atoms with Gasteiger partial charge in [0.2, 0.25) is 11.8 Å². The van der Waals surface area contributed by atoms with Crippen LogP contribution in [-0.4, -0.2) is 46.0 Å². The molecule has 1 atom stereocenters. The molecule has 3 rings (SSSR count). The maximum absolute atomic E-state index is 13.0. The smallest absolute Gasteiger partial charge is 0.303 e. The lowest BCUT2D eigenvalue weighted by Crippen LogP contribution is -2.43. The van der Waals surface area contributed by atoms with Crippen LogP contribution < -0.4 is 5.32 Å². The summed E-state index contributed by atoms with van der Waals surface area (Å²) in [5, 5.41) is 26.5. The molecule has 39 heavy (non-hydrogen) atoms. The summed E-state index contributed by atoms with van der Waals surface area (Å²) in [5.74, 6) is -1.50. The summed E-state index contributed by atoms with van der Waals surface area (Å²) >= 11 is 14.1. The molecule has 0 bridgehead atoms. The number of phenolic OH excluding ortho intramolecular Hbond substituents is 1. The second-order valence-electron chi connectivity index (χ2n) is 9.37. The molecule has 1 saturated heterocycles. The number of likely N-dealkylation sites (tertiary alicyclic amines) is 1. The highest BCUT2D eigenvalue weighted by atomic mass is 35.5. The number of piperidine rings is 1. The molecule has 0 aromatic heterocycles. The molecule has 0 spiro atoms. The van der Waals surface area contributed by atoms with Crippen LogP contribution in [0.25, 0.3) is 0 Å². The number of amides is 2. The van der Waals surface area contributed by atoms with Crippen molar-refractivity contribution in [3.05, 3.63) is 86.2 Å². The summed E-state index contributed by atoms with van der Waals surface area (Å²) in [6.07, 6.45) is 9.00. The Hall–Kier alpha value is -2.94. The van der Waals surface area contributed by atoms with Crippen LogP contribution in [0.5, 0.6) is 5.75 Å². The van der Waals surface area contributed by atoms with Gasteiger partial charge in [-0.05, 0) is 84.4 Å². The zero-order valence-electron chi connectivity index (χ0n) is 21.6. The maximum Gasteiger partial charge on any atom is 0.303 e. The number of nitrogens with one attached hydrogen (secondary N) is 1. The van der Waals surface area contributed by atoms with Gasteiger partial charge in [0, 0.05) is 36.5 Å². The first-order valence-corrected chi connectivity index (χ1v) is 14.4. The van der Waals surface area contributed by atoms with Gasteiger partial charge in [-0.2, -0.15) is 0 Å². The SMILES string of the molecule is C\C(Cl)=C(Cl)/C(=C\C1=CSC=CC1)/C=C/C(=O)N1CCC(C(=O)NC(CCC(=O)O)c2ccc(O)cc2)CC1. The zero-order chi connectivity index (χ0) is 28.4. The van der Waals surface area contributed by atoms with Gasteiger partial charge in [-0.25, -0.2) is 0 Å². The Balaban J connectivity index is 1.60. The number of phenols is 1.